The van der Waals surface area contributed by atoms with E-state index in [2.05, 4.69) is 40.3 Å². The first-order valence-corrected chi connectivity index (χ1v) is 10.9. The average Bonchev–Trinajstić information content (AvgIpc) is 3.05. The van der Waals surface area contributed by atoms with Crippen molar-refractivity contribution in [2.75, 3.05) is 11.9 Å². The van der Waals surface area contributed by atoms with Crippen molar-refractivity contribution in [1.82, 2.24) is 5.32 Å². The number of halogens is 1. The minimum atomic E-state index is -0.502. The van der Waals surface area contributed by atoms with Crippen LogP contribution in [0.5, 0.6) is 0 Å². The SMILES string of the molecule is CCc1ccc(C[C@H]2S/C(=C(/C#N)C(=O)NC)N(c3ccc(Br)cc3)C2=O)cc1. The van der Waals surface area contributed by atoms with Crippen LogP contribution >= 0.6 is 27.7 Å². The highest BCUT2D eigenvalue weighted by molar-refractivity contribution is 9.10. The van der Waals surface area contributed by atoms with E-state index in [-0.39, 0.29) is 11.5 Å². The van der Waals surface area contributed by atoms with Gasteiger partial charge in [-0.2, -0.15) is 5.26 Å². The summed E-state index contributed by atoms with van der Waals surface area (Å²) in [5, 5.41) is 12.0. The van der Waals surface area contributed by atoms with Gasteiger partial charge in [-0.1, -0.05) is 58.9 Å². The maximum Gasteiger partial charge on any atom is 0.264 e. The molecule has 0 aromatic heterocycles. The molecule has 2 aromatic carbocycles. The van der Waals surface area contributed by atoms with Gasteiger partial charge in [-0.3, -0.25) is 14.5 Å². The Hall–Kier alpha value is -2.56. The van der Waals surface area contributed by atoms with E-state index in [1.807, 2.05) is 30.3 Å². The number of likely N-dealkylation sites (N-methyl/N-ethyl adjacent to an activating group) is 1. The molecule has 1 fully saturated rings. The van der Waals surface area contributed by atoms with Crippen LogP contribution in [-0.4, -0.2) is 24.1 Å². The molecule has 0 saturated carbocycles. The molecule has 5 nitrogen and oxygen atoms in total. The monoisotopic (exact) mass is 469 g/mol. The first-order chi connectivity index (χ1) is 14.0. The smallest absolute Gasteiger partial charge is 0.264 e. The summed E-state index contributed by atoms with van der Waals surface area (Å²) in [6, 6.07) is 17.4. The van der Waals surface area contributed by atoms with Gasteiger partial charge in [0, 0.05) is 17.2 Å². The Morgan fingerprint density at radius 1 is 1.17 bits per heavy atom. The summed E-state index contributed by atoms with van der Waals surface area (Å²) in [6.07, 6.45) is 1.48. The van der Waals surface area contributed by atoms with Crippen molar-refractivity contribution in [1.29, 1.82) is 5.26 Å². The van der Waals surface area contributed by atoms with Gasteiger partial charge in [0.1, 0.15) is 16.7 Å². The van der Waals surface area contributed by atoms with Crippen molar-refractivity contribution >= 4 is 45.2 Å². The summed E-state index contributed by atoms with van der Waals surface area (Å²) >= 11 is 4.66. The van der Waals surface area contributed by atoms with Crippen molar-refractivity contribution in [2.24, 2.45) is 0 Å². The lowest BCUT2D eigenvalue weighted by atomic mass is 10.1. The molecule has 2 aromatic rings. The highest BCUT2D eigenvalue weighted by Crippen LogP contribution is 2.42. The van der Waals surface area contributed by atoms with E-state index >= 15 is 0 Å². The molecule has 1 N–H and O–H groups in total. The molecule has 1 heterocycles. The third-order valence-electron chi connectivity index (χ3n) is 4.67. The van der Waals surface area contributed by atoms with Gasteiger partial charge in [-0.15, -0.1) is 0 Å². The number of nitrogens with zero attached hydrogens (tertiary/aromatic N) is 2. The Morgan fingerprint density at radius 3 is 2.34 bits per heavy atom. The summed E-state index contributed by atoms with van der Waals surface area (Å²) in [4.78, 5) is 27.0. The largest absolute Gasteiger partial charge is 0.354 e. The number of amides is 2. The van der Waals surface area contributed by atoms with Gasteiger partial charge in [0.15, 0.2) is 0 Å². The van der Waals surface area contributed by atoms with E-state index in [1.54, 1.807) is 12.1 Å². The van der Waals surface area contributed by atoms with Crippen molar-refractivity contribution in [3.05, 3.63) is 74.7 Å². The standard InChI is InChI=1S/C22H20BrN3O2S/c1-3-14-4-6-15(7-5-14)12-19-21(28)26(17-10-8-16(23)9-11-17)22(29-19)18(13-24)20(27)25-2/h4-11,19H,3,12H2,1-2H3,(H,25,27)/b22-18-/t19-/m1/s1. The highest BCUT2D eigenvalue weighted by Gasteiger charge is 2.40. The first-order valence-electron chi connectivity index (χ1n) is 9.19. The number of rotatable bonds is 5. The molecule has 7 heteroatoms. The number of anilines is 1. The maximum absolute atomic E-state index is 13.3. The molecule has 0 unspecified atom stereocenters. The molecule has 0 spiro atoms. The van der Waals surface area contributed by atoms with Crippen molar-refractivity contribution in [3.63, 3.8) is 0 Å². The normalized spacial score (nSPS) is 17.8. The van der Waals surface area contributed by atoms with Crippen LogP contribution in [0.2, 0.25) is 0 Å². The van der Waals surface area contributed by atoms with E-state index in [1.165, 1.54) is 29.3 Å². The predicted molar refractivity (Wildman–Crippen MR) is 119 cm³/mol. The van der Waals surface area contributed by atoms with Crippen LogP contribution in [-0.2, 0) is 22.4 Å². The summed E-state index contributed by atoms with van der Waals surface area (Å²) in [6.45, 7) is 2.10. The number of thioether (sulfide) groups is 1. The molecule has 1 aliphatic heterocycles. The Bertz CT molecular complexity index is 994. The maximum atomic E-state index is 13.3. The number of hydrogen-bond acceptors (Lipinski definition) is 4. The van der Waals surface area contributed by atoms with Crippen LogP contribution in [0.25, 0.3) is 0 Å². The third-order valence-corrected chi connectivity index (χ3v) is 6.46. The van der Waals surface area contributed by atoms with Crippen LogP contribution < -0.4 is 10.2 Å². The number of nitrogens with one attached hydrogen (secondary N) is 1. The molecule has 0 aliphatic carbocycles. The molecule has 0 bridgehead atoms. The Kier molecular flexibility index (Phi) is 6.78. The molecule has 1 saturated heterocycles. The fourth-order valence-corrected chi connectivity index (χ4v) is 4.63. The van der Waals surface area contributed by atoms with Gasteiger partial charge >= 0.3 is 0 Å². The molecule has 148 valence electrons. The second-order valence-corrected chi connectivity index (χ2v) is 8.61. The van der Waals surface area contributed by atoms with Crippen LogP contribution in [0, 0.1) is 11.3 Å². The fraction of sp³-hybridized carbons (Fsp3) is 0.227. The molecule has 2 amide bonds. The molecular formula is C22H20BrN3O2S. The van der Waals surface area contributed by atoms with E-state index in [9.17, 15) is 14.9 Å². The van der Waals surface area contributed by atoms with Gasteiger partial charge in [0.25, 0.3) is 5.91 Å². The Balaban J connectivity index is 2.00. The van der Waals surface area contributed by atoms with Gasteiger partial charge in [-0.05, 0) is 48.2 Å². The molecule has 3 rings (SSSR count). The lowest BCUT2D eigenvalue weighted by Crippen LogP contribution is -2.31. The minimum Gasteiger partial charge on any atom is -0.354 e. The quantitative estimate of drug-likeness (QED) is 0.526. The minimum absolute atomic E-state index is 0.0578. The van der Waals surface area contributed by atoms with Crippen molar-refractivity contribution in [3.8, 4) is 6.07 Å². The summed E-state index contributed by atoms with van der Waals surface area (Å²) < 4.78 is 0.880. The van der Waals surface area contributed by atoms with Gasteiger partial charge < -0.3 is 5.32 Å². The summed E-state index contributed by atoms with van der Waals surface area (Å²) in [7, 11) is 1.47. The highest BCUT2D eigenvalue weighted by atomic mass is 79.9. The number of hydrogen-bond donors (Lipinski definition) is 1. The zero-order valence-corrected chi connectivity index (χ0v) is 18.5. The molecule has 0 radical (unpaired) electrons. The van der Waals surface area contributed by atoms with Crippen LogP contribution in [0.1, 0.15) is 18.1 Å². The second-order valence-electron chi connectivity index (χ2n) is 6.50. The molecular weight excluding hydrogens is 450 g/mol. The van der Waals surface area contributed by atoms with E-state index < -0.39 is 11.2 Å². The van der Waals surface area contributed by atoms with Gasteiger partial charge in [0.2, 0.25) is 5.91 Å². The topological polar surface area (TPSA) is 73.2 Å². The Morgan fingerprint density at radius 2 is 1.79 bits per heavy atom. The van der Waals surface area contributed by atoms with Crippen molar-refractivity contribution in [2.45, 2.75) is 25.0 Å². The van der Waals surface area contributed by atoms with Crippen LogP contribution in [0.4, 0.5) is 5.69 Å². The van der Waals surface area contributed by atoms with Crippen LogP contribution in [0.15, 0.2) is 63.6 Å². The number of carbonyl (C=O) groups excluding carboxylic acids is 2. The van der Waals surface area contributed by atoms with E-state index in [0.717, 1.165) is 16.5 Å². The zero-order chi connectivity index (χ0) is 21.0. The second kappa shape index (κ2) is 9.29. The third kappa shape index (κ3) is 4.55. The zero-order valence-electron chi connectivity index (χ0n) is 16.1. The number of nitriles is 1. The number of aryl methyl sites for hydroxylation is 1. The van der Waals surface area contributed by atoms with E-state index in [4.69, 9.17) is 0 Å². The lowest BCUT2D eigenvalue weighted by molar-refractivity contribution is -0.117. The van der Waals surface area contributed by atoms with E-state index in [0.29, 0.717) is 17.1 Å². The summed E-state index contributed by atoms with van der Waals surface area (Å²) in [5.41, 5.74) is 2.85. The fourth-order valence-electron chi connectivity index (χ4n) is 3.06. The van der Waals surface area contributed by atoms with Crippen molar-refractivity contribution < 1.29 is 9.59 Å². The average molecular weight is 470 g/mol. The Labute approximate surface area is 182 Å². The number of benzene rings is 2. The number of carbonyl (C=O) groups is 2. The van der Waals surface area contributed by atoms with Crippen LogP contribution in [0.3, 0.4) is 0 Å². The first kappa shape index (κ1) is 21.2. The molecule has 1 atom stereocenters. The molecule has 1 aliphatic rings. The predicted octanol–water partition coefficient (Wildman–Crippen LogP) is 4.18. The lowest BCUT2D eigenvalue weighted by Gasteiger charge is -2.18. The molecule has 29 heavy (non-hydrogen) atoms. The van der Waals surface area contributed by atoms with Gasteiger partial charge in [-0.25, -0.2) is 0 Å². The van der Waals surface area contributed by atoms with Gasteiger partial charge in [0.05, 0.1) is 5.25 Å². The summed E-state index contributed by atoms with van der Waals surface area (Å²) in [5.74, 6) is -0.638.